The van der Waals surface area contributed by atoms with E-state index in [1.807, 2.05) is 24.5 Å². The van der Waals surface area contributed by atoms with Crippen LogP contribution >= 0.6 is 0 Å². The molecule has 0 spiro atoms. The zero-order valence-corrected chi connectivity index (χ0v) is 8.70. The number of pyridine rings is 1. The minimum Gasteiger partial charge on any atom is -0.380 e. The van der Waals surface area contributed by atoms with Gasteiger partial charge in [-0.25, -0.2) is 0 Å². The lowest BCUT2D eigenvalue weighted by Gasteiger charge is -2.04. The number of likely N-dealkylation sites (N-methyl/N-ethyl adjacent to an activating group) is 1. The van der Waals surface area contributed by atoms with Gasteiger partial charge < -0.3 is 10.1 Å². The highest BCUT2D eigenvalue weighted by Gasteiger charge is 1.91. The largest absolute Gasteiger partial charge is 0.380 e. The summed E-state index contributed by atoms with van der Waals surface area (Å²) in [7, 11) is 0. The van der Waals surface area contributed by atoms with Gasteiger partial charge in [0.15, 0.2) is 0 Å². The second kappa shape index (κ2) is 7.47. The summed E-state index contributed by atoms with van der Waals surface area (Å²) in [6, 6.07) is 4.04. The summed E-state index contributed by atoms with van der Waals surface area (Å²) >= 11 is 0. The van der Waals surface area contributed by atoms with Crippen LogP contribution < -0.4 is 5.32 Å². The monoisotopic (exact) mass is 194 g/mol. The van der Waals surface area contributed by atoms with Crippen molar-refractivity contribution in [1.82, 2.24) is 10.3 Å². The van der Waals surface area contributed by atoms with Crippen LogP contribution in [0.5, 0.6) is 0 Å². The van der Waals surface area contributed by atoms with E-state index in [1.54, 1.807) is 0 Å². The Balaban J connectivity index is 1.99. The minimum absolute atomic E-state index is 0.787. The molecular formula is C11H18N2O. The van der Waals surface area contributed by atoms with Gasteiger partial charge in [-0.1, -0.05) is 6.92 Å². The maximum atomic E-state index is 5.46. The van der Waals surface area contributed by atoms with Crippen LogP contribution in [0.1, 0.15) is 12.5 Å². The molecule has 3 heteroatoms. The summed E-state index contributed by atoms with van der Waals surface area (Å²) in [5.41, 5.74) is 1.28. The summed E-state index contributed by atoms with van der Waals surface area (Å²) < 4.78 is 5.46. The Bertz CT molecular complexity index is 226. The molecule has 1 N–H and O–H groups in total. The Morgan fingerprint density at radius 2 is 2.07 bits per heavy atom. The molecule has 3 nitrogen and oxygen atoms in total. The molecule has 0 aliphatic heterocycles. The first kappa shape index (κ1) is 11.1. The summed E-state index contributed by atoms with van der Waals surface area (Å²) in [6.45, 7) is 5.62. The number of hydrogen-bond donors (Lipinski definition) is 1. The molecule has 1 rings (SSSR count). The molecule has 0 unspecified atom stereocenters. The second-order valence-corrected chi connectivity index (χ2v) is 3.07. The van der Waals surface area contributed by atoms with Crippen molar-refractivity contribution in [2.45, 2.75) is 13.3 Å². The average Bonchev–Trinajstić information content (AvgIpc) is 2.25. The molecule has 0 saturated carbocycles. The topological polar surface area (TPSA) is 34.1 Å². The van der Waals surface area contributed by atoms with Crippen molar-refractivity contribution in [1.29, 1.82) is 0 Å². The van der Waals surface area contributed by atoms with Crippen LogP contribution in [0.4, 0.5) is 0 Å². The lowest BCUT2D eigenvalue weighted by Crippen LogP contribution is -2.19. The fraction of sp³-hybridized carbons (Fsp3) is 0.545. The van der Waals surface area contributed by atoms with Crippen molar-refractivity contribution in [3.05, 3.63) is 30.1 Å². The molecule has 0 amide bonds. The van der Waals surface area contributed by atoms with E-state index >= 15 is 0 Å². The first-order valence-electron chi connectivity index (χ1n) is 5.11. The van der Waals surface area contributed by atoms with E-state index < -0.39 is 0 Å². The third-order valence-electron chi connectivity index (χ3n) is 1.96. The van der Waals surface area contributed by atoms with Gasteiger partial charge in [-0.2, -0.15) is 0 Å². The summed E-state index contributed by atoms with van der Waals surface area (Å²) in [5.74, 6) is 0. The lowest BCUT2D eigenvalue weighted by molar-refractivity contribution is 0.139. The van der Waals surface area contributed by atoms with Crippen LogP contribution in [0.2, 0.25) is 0 Å². The van der Waals surface area contributed by atoms with Gasteiger partial charge in [-0.05, 0) is 30.7 Å². The van der Waals surface area contributed by atoms with E-state index in [0.717, 1.165) is 32.7 Å². The molecule has 0 aliphatic carbocycles. The summed E-state index contributed by atoms with van der Waals surface area (Å²) in [5, 5.41) is 3.21. The first-order valence-corrected chi connectivity index (χ1v) is 5.11. The normalized spacial score (nSPS) is 10.4. The van der Waals surface area contributed by atoms with Crippen molar-refractivity contribution in [3.63, 3.8) is 0 Å². The second-order valence-electron chi connectivity index (χ2n) is 3.07. The predicted molar refractivity (Wildman–Crippen MR) is 57.3 cm³/mol. The van der Waals surface area contributed by atoms with Crippen molar-refractivity contribution in [3.8, 4) is 0 Å². The third-order valence-corrected chi connectivity index (χ3v) is 1.96. The molecule has 0 bridgehead atoms. The van der Waals surface area contributed by atoms with Crippen LogP contribution in [0.25, 0.3) is 0 Å². The maximum absolute atomic E-state index is 5.46. The predicted octanol–water partition coefficient (Wildman–Crippen LogP) is 1.25. The number of hydrogen-bond acceptors (Lipinski definition) is 3. The zero-order valence-electron chi connectivity index (χ0n) is 8.70. The van der Waals surface area contributed by atoms with Gasteiger partial charge in [-0.15, -0.1) is 0 Å². The van der Waals surface area contributed by atoms with Crippen LogP contribution in [0.3, 0.4) is 0 Å². The van der Waals surface area contributed by atoms with Gasteiger partial charge >= 0.3 is 0 Å². The highest BCUT2D eigenvalue weighted by Crippen LogP contribution is 1.97. The Labute approximate surface area is 85.5 Å². The van der Waals surface area contributed by atoms with Crippen molar-refractivity contribution < 1.29 is 4.74 Å². The molecule has 0 saturated heterocycles. The molecule has 78 valence electrons. The fourth-order valence-corrected chi connectivity index (χ4v) is 1.16. The molecule has 0 aromatic carbocycles. The Morgan fingerprint density at radius 3 is 2.79 bits per heavy atom. The summed E-state index contributed by atoms with van der Waals surface area (Å²) in [6.07, 6.45) is 4.59. The fourth-order valence-electron chi connectivity index (χ4n) is 1.16. The number of ether oxygens (including phenoxy) is 1. The molecule has 0 radical (unpaired) electrons. The Hall–Kier alpha value is -0.930. The number of nitrogens with one attached hydrogen (secondary N) is 1. The van der Waals surface area contributed by atoms with Crippen molar-refractivity contribution in [2.75, 3.05) is 26.3 Å². The van der Waals surface area contributed by atoms with Gasteiger partial charge in [0.05, 0.1) is 13.2 Å². The van der Waals surface area contributed by atoms with Crippen LogP contribution in [0.15, 0.2) is 24.5 Å². The first-order chi connectivity index (χ1) is 6.93. The molecule has 0 fully saturated rings. The molecule has 0 atom stereocenters. The summed E-state index contributed by atoms with van der Waals surface area (Å²) in [4.78, 5) is 3.96. The SMILES string of the molecule is CCNCCOCCc1ccncc1. The Kier molecular flexibility index (Phi) is 5.95. The number of rotatable bonds is 7. The van der Waals surface area contributed by atoms with Gasteiger partial charge in [0.25, 0.3) is 0 Å². The lowest BCUT2D eigenvalue weighted by atomic mass is 10.2. The maximum Gasteiger partial charge on any atom is 0.0591 e. The van der Waals surface area contributed by atoms with E-state index in [1.165, 1.54) is 5.56 Å². The zero-order chi connectivity index (χ0) is 10.1. The van der Waals surface area contributed by atoms with E-state index in [2.05, 4.69) is 17.2 Å². The van der Waals surface area contributed by atoms with Crippen LogP contribution in [0, 0.1) is 0 Å². The number of aromatic nitrogens is 1. The third kappa shape index (κ3) is 4.94. The number of nitrogens with zero attached hydrogens (tertiary/aromatic N) is 1. The van der Waals surface area contributed by atoms with Gasteiger partial charge in [0.1, 0.15) is 0 Å². The van der Waals surface area contributed by atoms with Gasteiger partial charge in [0, 0.05) is 18.9 Å². The molecule has 1 aromatic rings. The molecule has 0 aliphatic rings. The highest BCUT2D eigenvalue weighted by molar-refractivity contribution is 5.09. The van der Waals surface area contributed by atoms with E-state index in [0.29, 0.717) is 0 Å². The van der Waals surface area contributed by atoms with Crippen molar-refractivity contribution >= 4 is 0 Å². The van der Waals surface area contributed by atoms with E-state index in [9.17, 15) is 0 Å². The van der Waals surface area contributed by atoms with Crippen LogP contribution in [-0.4, -0.2) is 31.3 Å². The highest BCUT2D eigenvalue weighted by atomic mass is 16.5. The standard InChI is InChI=1S/C11H18N2O/c1-2-12-8-10-14-9-5-11-3-6-13-7-4-11/h3-4,6-7,12H,2,5,8-10H2,1H3. The smallest absolute Gasteiger partial charge is 0.0591 e. The average molecular weight is 194 g/mol. The van der Waals surface area contributed by atoms with Gasteiger partial charge in [-0.3, -0.25) is 4.98 Å². The van der Waals surface area contributed by atoms with Crippen LogP contribution in [-0.2, 0) is 11.2 Å². The van der Waals surface area contributed by atoms with E-state index in [-0.39, 0.29) is 0 Å². The van der Waals surface area contributed by atoms with Crippen molar-refractivity contribution in [2.24, 2.45) is 0 Å². The minimum atomic E-state index is 0.787. The Morgan fingerprint density at radius 1 is 1.29 bits per heavy atom. The quantitative estimate of drug-likeness (QED) is 0.663. The molecule has 14 heavy (non-hydrogen) atoms. The molecular weight excluding hydrogens is 176 g/mol. The van der Waals surface area contributed by atoms with Gasteiger partial charge in [0.2, 0.25) is 0 Å². The molecule has 1 heterocycles. The van der Waals surface area contributed by atoms with E-state index in [4.69, 9.17) is 4.74 Å². The molecule has 1 aromatic heterocycles.